The van der Waals surface area contributed by atoms with E-state index in [-0.39, 0.29) is 6.09 Å². The molecule has 26 heavy (non-hydrogen) atoms. The summed E-state index contributed by atoms with van der Waals surface area (Å²) >= 11 is 1.69. The van der Waals surface area contributed by atoms with E-state index in [0.717, 1.165) is 34.9 Å². The number of nitrogens with zero attached hydrogens (tertiary/aromatic N) is 2. The van der Waals surface area contributed by atoms with Crippen molar-refractivity contribution >= 4 is 17.4 Å². The van der Waals surface area contributed by atoms with Crippen LogP contribution in [0, 0.1) is 0 Å². The van der Waals surface area contributed by atoms with Gasteiger partial charge >= 0.3 is 6.09 Å². The summed E-state index contributed by atoms with van der Waals surface area (Å²) in [5.74, 6) is 1.23. The van der Waals surface area contributed by atoms with E-state index in [1.165, 1.54) is 0 Å². The number of likely N-dealkylation sites (tertiary alicyclic amines) is 1. The molecule has 0 unspecified atom stereocenters. The lowest BCUT2D eigenvalue weighted by Crippen LogP contribution is -2.41. The highest BCUT2D eigenvalue weighted by Crippen LogP contribution is 2.35. The van der Waals surface area contributed by atoms with E-state index in [4.69, 9.17) is 14.5 Å². The number of hydrogen-bond acceptors (Lipinski definition) is 5. The van der Waals surface area contributed by atoms with Crippen molar-refractivity contribution < 1.29 is 14.3 Å². The molecule has 6 heteroatoms. The highest BCUT2D eigenvalue weighted by Gasteiger charge is 2.28. The van der Waals surface area contributed by atoms with Crippen molar-refractivity contribution in [2.75, 3.05) is 20.2 Å². The van der Waals surface area contributed by atoms with Crippen LogP contribution in [0.3, 0.4) is 0 Å². The van der Waals surface area contributed by atoms with Crippen LogP contribution < -0.4 is 4.74 Å². The third-order valence-corrected chi connectivity index (χ3v) is 5.41. The highest BCUT2D eigenvalue weighted by atomic mass is 32.1. The molecule has 2 aromatic rings. The fraction of sp³-hybridized carbons (Fsp3) is 0.500. The second-order valence-electron chi connectivity index (χ2n) is 7.51. The fourth-order valence-electron chi connectivity index (χ4n) is 3.09. The molecule has 5 nitrogen and oxygen atoms in total. The molecule has 1 fully saturated rings. The molecule has 1 amide bonds. The van der Waals surface area contributed by atoms with Gasteiger partial charge in [0.1, 0.15) is 11.4 Å². The molecule has 0 aliphatic carbocycles. The van der Waals surface area contributed by atoms with Gasteiger partial charge in [-0.25, -0.2) is 9.78 Å². The van der Waals surface area contributed by atoms with Crippen LogP contribution in [-0.4, -0.2) is 41.8 Å². The predicted octanol–water partition coefficient (Wildman–Crippen LogP) is 4.93. The van der Waals surface area contributed by atoms with Crippen LogP contribution in [0.15, 0.2) is 29.6 Å². The minimum atomic E-state index is -0.452. The van der Waals surface area contributed by atoms with Gasteiger partial charge in [-0.15, -0.1) is 11.3 Å². The van der Waals surface area contributed by atoms with Crippen molar-refractivity contribution in [1.29, 1.82) is 0 Å². The van der Waals surface area contributed by atoms with Crippen molar-refractivity contribution in [2.24, 2.45) is 0 Å². The SMILES string of the molecule is COc1ccccc1-c1csc(C2CCN(C(=O)OC(C)(C)C)CC2)n1. The number of carbonyl (C=O) groups is 1. The van der Waals surface area contributed by atoms with Gasteiger partial charge in [0.2, 0.25) is 0 Å². The first kappa shape index (κ1) is 18.7. The minimum absolute atomic E-state index is 0.218. The lowest BCUT2D eigenvalue weighted by Gasteiger charge is -2.32. The van der Waals surface area contributed by atoms with Gasteiger partial charge in [-0.3, -0.25) is 0 Å². The third-order valence-electron chi connectivity index (χ3n) is 4.40. The van der Waals surface area contributed by atoms with Crippen LogP contribution in [0.2, 0.25) is 0 Å². The number of thiazole rings is 1. The Morgan fingerprint density at radius 3 is 2.58 bits per heavy atom. The Morgan fingerprint density at radius 2 is 1.92 bits per heavy atom. The van der Waals surface area contributed by atoms with Gasteiger partial charge in [0.15, 0.2) is 0 Å². The number of rotatable bonds is 3. The molecule has 0 atom stereocenters. The molecule has 0 N–H and O–H groups in total. The molecule has 140 valence electrons. The number of methoxy groups -OCH3 is 1. The van der Waals surface area contributed by atoms with Gasteiger partial charge in [0, 0.05) is 30.0 Å². The van der Waals surface area contributed by atoms with Crippen molar-refractivity contribution in [3.05, 3.63) is 34.7 Å². The Labute approximate surface area is 159 Å². The van der Waals surface area contributed by atoms with E-state index in [0.29, 0.717) is 19.0 Å². The van der Waals surface area contributed by atoms with Gasteiger partial charge in [0.25, 0.3) is 0 Å². The van der Waals surface area contributed by atoms with E-state index < -0.39 is 5.60 Å². The van der Waals surface area contributed by atoms with Crippen molar-refractivity contribution in [1.82, 2.24) is 9.88 Å². The average Bonchev–Trinajstić information content (AvgIpc) is 3.10. The summed E-state index contributed by atoms with van der Waals surface area (Å²) in [6, 6.07) is 7.94. The van der Waals surface area contributed by atoms with Crippen LogP contribution in [0.1, 0.15) is 44.5 Å². The minimum Gasteiger partial charge on any atom is -0.496 e. The summed E-state index contributed by atoms with van der Waals surface area (Å²) in [5.41, 5.74) is 1.52. The Hall–Kier alpha value is -2.08. The summed E-state index contributed by atoms with van der Waals surface area (Å²) in [6.45, 7) is 7.11. The second-order valence-corrected chi connectivity index (χ2v) is 8.40. The van der Waals surface area contributed by atoms with Crippen LogP contribution in [0.25, 0.3) is 11.3 Å². The number of piperidine rings is 1. The molecule has 0 bridgehead atoms. The lowest BCUT2D eigenvalue weighted by atomic mass is 9.98. The molecule has 0 saturated carbocycles. The second kappa shape index (κ2) is 7.66. The summed E-state index contributed by atoms with van der Waals surface area (Å²) in [4.78, 5) is 18.8. The largest absolute Gasteiger partial charge is 0.496 e. The van der Waals surface area contributed by atoms with Crippen molar-refractivity contribution in [3.63, 3.8) is 0 Å². The maximum absolute atomic E-state index is 12.2. The van der Waals surface area contributed by atoms with Gasteiger partial charge < -0.3 is 14.4 Å². The number of carbonyl (C=O) groups excluding carboxylic acids is 1. The highest BCUT2D eigenvalue weighted by molar-refractivity contribution is 7.10. The summed E-state index contributed by atoms with van der Waals surface area (Å²) in [6.07, 6.45) is 1.61. The monoisotopic (exact) mass is 374 g/mol. The van der Waals surface area contributed by atoms with Crippen LogP contribution in [0.4, 0.5) is 4.79 Å². The molecule has 1 aliphatic heterocycles. The normalized spacial score (nSPS) is 15.8. The van der Waals surface area contributed by atoms with Gasteiger partial charge in [0.05, 0.1) is 17.8 Å². The quantitative estimate of drug-likeness (QED) is 0.764. The number of amides is 1. The first-order chi connectivity index (χ1) is 12.4. The molecule has 1 aromatic heterocycles. The van der Waals surface area contributed by atoms with E-state index >= 15 is 0 Å². The Morgan fingerprint density at radius 1 is 1.23 bits per heavy atom. The number of aromatic nitrogens is 1. The smallest absolute Gasteiger partial charge is 0.410 e. The van der Waals surface area contributed by atoms with Crippen molar-refractivity contribution in [3.8, 4) is 17.0 Å². The number of benzene rings is 1. The molecule has 1 aliphatic rings. The van der Waals surface area contributed by atoms with E-state index in [9.17, 15) is 4.79 Å². The topological polar surface area (TPSA) is 51.7 Å². The molecular weight excluding hydrogens is 348 g/mol. The Bertz CT molecular complexity index is 758. The third kappa shape index (κ3) is 4.36. The van der Waals surface area contributed by atoms with Gasteiger partial charge in [-0.1, -0.05) is 12.1 Å². The number of hydrogen-bond donors (Lipinski definition) is 0. The number of para-hydroxylation sites is 1. The van der Waals surface area contributed by atoms with Crippen LogP contribution in [0.5, 0.6) is 5.75 Å². The van der Waals surface area contributed by atoms with E-state index in [1.807, 2.05) is 45.0 Å². The first-order valence-corrected chi connectivity index (χ1v) is 9.82. The molecule has 2 heterocycles. The van der Waals surface area contributed by atoms with E-state index in [2.05, 4.69) is 5.38 Å². The maximum Gasteiger partial charge on any atom is 0.410 e. The van der Waals surface area contributed by atoms with Crippen LogP contribution in [-0.2, 0) is 4.74 Å². The average molecular weight is 375 g/mol. The number of ether oxygens (including phenoxy) is 2. The first-order valence-electron chi connectivity index (χ1n) is 8.94. The molecular formula is C20H26N2O3S. The predicted molar refractivity (Wildman–Crippen MR) is 104 cm³/mol. The standard InChI is InChI=1S/C20H26N2O3S/c1-20(2,3)25-19(23)22-11-9-14(10-12-22)18-21-16(13-26-18)15-7-5-6-8-17(15)24-4/h5-8,13-14H,9-12H2,1-4H3. The molecule has 0 radical (unpaired) electrons. The Balaban J connectivity index is 1.64. The zero-order chi connectivity index (χ0) is 18.7. The summed E-state index contributed by atoms with van der Waals surface area (Å²) in [7, 11) is 1.68. The zero-order valence-electron chi connectivity index (χ0n) is 15.8. The lowest BCUT2D eigenvalue weighted by molar-refractivity contribution is 0.0205. The molecule has 3 rings (SSSR count). The molecule has 0 spiro atoms. The maximum atomic E-state index is 12.2. The van der Waals surface area contributed by atoms with Gasteiger partial charge in [-0.2, -0.15) is 0 Å². The van der Waals surface area contributed by atoms with E-state index in [1.54, 1.807) is 23.3 Å². The molecule has 1 aromatic carbocycles. The van der Waals surface area contributed by atoms with Crippen molar-refractivity contribution in [2.45, 2.75) is 45.1 Å². The summed E-state index contributed by atoms with van der Waals surface area (Å²) < 4.78 is 10.9. The fourth-order valence-corrected chi connectivity index (χ4v) is 4.08. The van der Waals surface area contributed by atoms with Crippen LogP contribution >= 0.6 is 11.3 Å². The Kier molecular flexibility index (Phi) is 5.51. The zero-order valence-corrected chi connectivity index (χ0v) is 16.6. The van der Waals surface area contributed by atoms with Gasteiger partial charge in [-0.05, 0) is 45.7 Å². The summed E-state index contributed by atoms with van der Waals surface area (Å²) in [5, 5.41) is 3.22. The molecule has 1 saturated heterocycles.